The summed E-state index contributed by atoms with van der Waals surface area (Å²) in [5.74, 6) is -0.593. The molecule has 0 saturated carbocycles. The molecule has 19 heavy (non-hydrogen) atoms. The van der Waals surface area contributed by atoms with Crippen molar-refractivity contribution in [3.05, 3.63) is 59.2 Å². The van der Waals surface area contributed by atoms with Crippen LogP contribution in [0.4, 0.5) is 0 Å². The average Bonchev–Trinajstić information content (AvgIpc) is 2.39. The van der Waals surface area contributed by atoms with E-state index in [0.717, 1.165) is 11.1 Å². The SMILES string of the molecule is NC(=O)c1cc(C=Cc2ccc(O)cc2)ccc1O. The summed E-state index contributed by atoms with van der Waals surface area (Å²) >= 11 is 0. The maximum Gasteiger partial charge on any atom is 0.252 e. The lowest BCUT2D eigenvalue weighted by Crippen LogP contribution is -2.11. The molecule has 0 radical (unpaired) electrons. The van der Waals surface area contributed by atoms with Crippen LogP contribution in [0, 0.1) is 0 Å². The molecule has 0 atom stereocenters. The summed E-state index contributed by atoms with van der Waals surface area (Å²) < 4.78 is 0. The van der Waals surface area contributed by atoms with Gasteiger partial charge in [-0.15, -0.1) is 0 Å². The van der Waals surface area contributed by atoms with Gasteiger partial charge in [0.15, 0.2) is 0 Å². The van der Waals surface area contributed by atoms with Crippen molar-refractivity contribution in [1.82, 2.24) is 0 Å². The Morgan fingerprint density at radius 2 is 1.53 bits per heavy atom. The summed E-state index contributed by atoms with van der Waals surface area (Å²) in [7, 11) is 0. The number of amides is 1. The van der Waals surface area contributed by atoms with Gasteiger partial charge in [-0.25, -0.2) is 0 Å². The van der Waals surface area contributed by atoms with Gasteiger partial charge in [0.2, 0.25) is 0 Å². The quantitative estimate of drug-likeness (QED) is 0.736. The molecule has 96 valence electrons. The van der Waals surface area contributed by atoms with E-state index in [4.69, 9.17) is 10.8 Å². The van der Waals surface area contributed by atoms with E-state index in [0.29, 0.717) is 0 Å². The number of nitrogens with two attached hydrogens (primary N) is 1. The molecule has 1 amide bonds. The van der Waals surface area contributed by atoms with Crippen molar-refractivity contribution < 1.29 is 15.0 Å². The monoisotopic (exact) mass is 255 g/mol. The van der Waals surface area contributed by atoms with Gasteiger partial charge in [0, 0.05) is 0 Å². The van der Waals surface area contributed by atoms with Crippen LogP contribution in [0.15, 0.2) is 42.5 Å². The minimum absolute atomic E-state index is 0.0906. The Kier molecular flexibility index (Phi) is 3.52. The highest BCUT2D eigenvalue weighted by atomic mass is 16.3. The molecule has 0 heterocycles. The number of hydrogen-bond donors (Lipinski definition) is 3. The second kappa shape index (κ2) is 5.27. The van der Waals surface area contributed by atoms with Crippen molar-refractivity contribution in [2.24, 2.45) is 5.73 Å². The average molecular weight is 255 g/mol. The highest BCUT2D eigenvalue weighted by Crippen LogP contribution is 2.19. The number of hydrogen-bond acceptors (Lipinski definition) is 3. The van der Waals surface area contributed by atoms with Crippen molar-refractivity contribution in [1.29, 1.82) is 0 Å². The Labute approximate surface area is 110 Å². The van der Waals surface area contributed by atoms with Gasteiger partial charge in [-0.3, -0.25) is 4.79 Å². The number of phenolic OH excluding ortho intramolecular Hbond substituents is 1. The predicted molar refractivity (Wildman–Crippen MR) is 73.7 cm³/mol. The summed E-state index contributed by atoms with van der Waals surface area (Å²) in [6.07, 6.45) is 3.62. The third-order valence-corrected chi connectivity index (χ3v) is 2.65. The van der Waals surface area contributed by atoms with Crippen molar-refractivity contribution >= 4 is 18.1 Å². The fraction of sp³-hybridized carbons (Fsp3) is 0. The molecule has 0 fully saturated rings. The Morgan fingerprint density at radius 1 is 0.947 bits per heavy atom. The first-order chi connectivity index (χ1) is 9.06. The van der Waals surface area contributed by atoms with E-state index >= 15 is 0 Å². The Hall–Kier alpha value is -2.75. The molecule has 4 nitrogen and oxygen atoms in total. The van der Waals surface area contributed by atoms with E-state index < -0.39 is 5.91 Å². The van der Waals surface area contributed by atoms with E-state index in [9.17, 15) is 9.90 Å². The largest absolute Gasteiger partial charge is 0.508 e. The van der Waals surface area contributed by atoms with E-state index in [1.165, 1.54) is 12.1 Å². The first kappa shape index (κ1) is 12.7. The van der Waals surface area contributed by atoms with Crippen LogP contribution in [-0.4, -0.2) is 16.1 Å². The molecule has 2 aromatic carbocycles. The van der Waals surface area contributed by atoms with Crippen molar-refractivity contribution in [2.75, 3.05) is 0 Å². The van der Waals surface area contributed by atoms with Gasteiger partial charge in [0.25, 0.3) is 5.91 Å². The summed E-state index contributed by atoms with van der Waals surface area (Å²) in [4.78, 5) is 11.1. The van der Waals surface area contributed by atoms with Gasteiger partial charge < -0.3 is 15.9 Å². The highest BCUT2D eigenvalue weighted by Gasteiger charge is 2.06. The molecule has 4 heteroatoms. The number of aromatic hydroxyl groups is 2. The minimum Gasteiger partial charge on any atom is -0.508 e. The second-order valence-corrected chi connectivity index (χ2v) is 4.07. The summed E-state index contributed by atoms with van der Waals surface area (Å²) in [5.41, 5.74) is 6.91. The minimum atomic E-state index is -0.669. The number of phenols is 2. The number of rotatable bonds is 3. The fourth-order valence-corrected chi connectivity index (χ4v) is 1.63. The van der Waals surface area contributed by atoms with E-state index in [2.05, 4.69) is 0 Å². The maximum atomic E-state index is 11.1. The van der Waals surface area contributed by atoms with Gasteiger partial charge in [0.05, 0.1) is 5.56 Å². The molecule has 2 rings (SSSR count). The van der Waals surface area contributed by atoms with Crippen LogP contribution in [0.2, 0.25) is 0 Å². The Balaban J connectivity index is 2.26. The van der Waals surface area contributed by atoms with Crippen LogP contribution in [0.3, 0.4) is 0 Å². The molecule has 0 saturated heterocycles. The first-order valence-corrected chi connectivity index (χ1v) is 5.66. The van der Waals surface area contributed by atoms with Crippen molar-refractivity contribution in [3.63, 3.8) is 0 Å². The molecular weight excluding hydrogens is 242 g/mol. The fourth-order valence-electron chi connectivity index (χ4n) is 1.63. The van der Waals surface area contributed by atoms with Gasteiger partial charge >= 0.3 is 0 Å². The topological polar surface area (TPSA) is 83.6 Å². The number of benzene rings is 2. The third kappa shape index (κ3) is 3.13. The van der Waals surface area contributed by atoms with Crippen LogP contribution in [0.25, 0.3) is 12.2 Å². The lowest BCUT2D eigenvalue weighted by Gasteiger charge is -2.01. The standard InChI is InChI=1S/C15H13NO3/c16-15(19)13-9-11(5-8-14(13)18)2-1-10-3-6-12(17)7-4-10/h1-9,17-18H,(H2,16,19). The van der Waals surface area contributed by atoms with Gasteiger partial charge in [0.1, 0.15) is 11.5 Å². The number of carbonyl (C=O) groups excluding carboxylic acids is 1. The van der Waals surface area contributed by atoms with Gasteiger partial charge in [-0.05, 0) is 35.4 Å². The van der Waals surface area contributed by atoms with Crippen molar-refractivity contribution in [3.8, 4) is 11.5 Å². The van der Waals surface area contributed by atoms with Crippen LogP contribution >= 0.6 is 0 Å². The molecule has 4 N–H and O–H groups in total. The first-order valence-electron chi connectivity index (χ1n) is 5.66. The predicted octanol–water partition coefficient (Wildman–Crippen LogP) is 2.37. The summed E-state index contributed by atoms with van der Waals surface area (Å²) in [6, 6.07) is 11.3. The van der Waals surface area contributed by atoms with Crippen LogP contribution < -0.4 is 5.73 Å². The molecule has 0 spiro atoms. The van der Waals surface area contributed by atoms with Crippen LogP contribution in [0.1, 0.15) is 21.5 Å². The third-order valence-electron chi connectivity index (χ3n) is 2.65. The maximum absolute atomic E-state index is 11.1. The molecule has 0 aromatic heterocycles. The normalized spacial score (nSPS) is 10.7. The van der Waals surface area contributed by atoms with Gasteiger partial charge in [-0.2, -0.15) is 0 Å². The Morgan fingerprint density at radius 3 is 2.16 bits per heavy atom. The highest BCUT2D eigenvalue weighted by molar-refractivity contribution is 5.96. The molecule has 0 aliphatic carbocycles. The molecule has 0 aliphatic rings. The number of primary amides is 1. The smallest absolute Gasteiger partial charge is 0.252 e. The second-order valence-electron chi connectivity index (χ2n) is 4.07. The Bertz CT molecular complexity index is 630. The summed E-state index contributed by atoms with van der Waals surface area (Å²) in [6.45, 7) is 0. The van der Waals surface area contributed by atoms with E-state index in [-0.39, 0.29) is 17.1 Å². The zero-order valence-electron chi connectivity index (χ0n) is 10.1. The number of carbonyl (C=O) groups is 1. The van der Waals surface area contributed by atoms with Crippen LogP contribution in [-0.2, 0) is 0 Å². The van der Waals surface area contributed by atoms with E-state index in [1.54, 1.807) is 36.4 Å². The van der Waals surface area contributed by atoms with Crippen molar-refractivity contribution in [2.45, 2.75) is 0 Å². The van der Waals surface area contributed by atoms with Crippen LogP contribution in [0.5, 0.6) is 11.5 Å². The molecule has 0 unspecified atom stereocenters. The van der Waals surface area contributed by atoms with Gasteiger partial charge in [-0.1, -0.05) is 30.4 Å². The molecule has 0 bridgehead atoms. The zero-order chi connectivity index (χ0) is 13.8. The zero-order valence-corrected chi connectivity index (χ0v) is 10.1. The van der Waals surface area contributed by atoms with E-state index in [1.807, 2.05) is 6.08 Å². The lowest BCUT2D eigenvalue weighted by atomic mass is 10.1. The molecular formula is C15H13NO3. The summed E-state index contributed by atoms with van der Waals surface area (Å²) in [5, 5.41) is 18.6. The molecule has 0 aliphatic heterocycles. The lowest BCUT2D eigenvalue weighted by molar-refractivity contribution is 0.0997. The molecule has 2 aromatic rings.